The average molecular weight is 318 g/mol. The van der Waals surface area contributed by atoms with Crippen LogP contribution in [0.3, 0.4) is 0 Å². The van der Waals surface area contributed by atoms with Crippen molar-refractivity contribution in [2.24, 2.45) is 5.73 Å². The standard InChI is InChI=1S/C20H22N4/c1-14-3-7-16(8-4-14)19-18(22-12-11-21)13-23-20(24-19)17-9-5-15(2)6-10-17/h3-10,13,22H,11-12,21H2,1-2H3. The zero-order valence-corrected chi connectivity index (χ0v) is 14.1. The van der Waals surface area contributed by atoms with Crippen LogP contribution in [-0.2, 0) is 0 Å². The fraction of sp³-hybridized carbons (Fsp3) is 0.200. The van der Waals surface area contributed by atoms with Crippen LogP contribution < -0.4 is 11.1 Å². The molecule has 0 amide bonds. The third-order valence-corrected chi connectivity index (χ3v) is 3.88. The molecule has 1 heterocycles. The van der Waals surface area contributed by atoms with Gasteiger partial charge in [0, 0.05) is 24.2 Å². The molecule has 0 bridgehead atoms. The highest BCUT2D eigenvalue weighted by Crippen LogP contribution is 2.28. The second-order valence-corrected chi connectivity index (χ2v) is 5.90. The summed E-state index contributed by atoms with van der Waals surface area (Å²) in [7, 11) is 0. The third-order valence-electron chi connectivity index (χ3n) is 3.88. The molecule has 122 valence electrons. The molecule has 4 nitrogen and oxygen atoms in total. The molecule has 0 aliphatic heterocycles. The van der Waals surface area contributed by atoms with Crippen molar-refractivity contribution >= 4 is 5.69 Å². The van der Waals surface area contributed by atoms with Gasteiger partial charge in [-0.2, -0.15) is 0 Å². The van der Waals surface area contributed by atoms with Crippen LogP contribution in [0.4, 0.5) is 5.69 Å². The van der Waals surface area contributed by atoms with Gasteiger partial charge in [0.05, 0.1) is 17.6 Å². The van der Waals surface area contributed by atoms with E-state index in [9.17, 15) is 0 Å². The van der Waals surface area contributed by atoms with Crippen LogP contribution in [0.25, 0.3) is 22.6 Å². The van der Waals surface area contributed by atoms with E-state index >= 15 is 0 Å². The lowest BCUT2D eigenvalue weighted by atomic mass is 10.1. The van der Waals surface area contributed by atoms with Gasteiger partial charge in [-0.15, -0.1) is 0 Å². The molecule has 0 radical (unpaired) electrons. The molecule has 24 heavy (non-hydrogen) atoms. The first-order valence-electron chi connectivity index (χ1n) is 8.12. The first kappa shape index (κ1) is 16.1. The number of hydrogen-bond donors (Lipinski definition) is 2. The predicted octanol–water partition coefficient (Wildman–Crippen LogP) is 3.80. The summed E-state index contributed by atoms with van der Waals surface area (Å²) in [6.07, 6.45) is 1.84. The van der Waals surface area contributed by atoms with E-state index in [-0.39, 0.29) is 0 Å². The maximum atomic E-state index is 5.62. The molecule has 0 saturated carbocycles. The van der Waals surface area contributed by atoms with Crippen molar-refractivity contribution in [2.75, 3.05) is 18.4 Å². The maximum absolute atomic E-state index is 5.62. The van der Waals surface area contributed by atoms with Crippen molar-refractivity contribution in [3.8, 4) is 22.6 Å². The van der Waals surface area contributed by atoms with Crippen LogP contribution in [0, 0.1) is 13.8 Å². The SMILES string of the molecule is Cc1ccc(-c2ncc(NCCN)c(-c3ccc(C)cc3)n2)cc1. The molecule has 0 unspecified atom stereocenters. The molecule has 1 aromatic heterocycles. The molecule has 3 aromatic rings. The van der Waals surface area contributed by atoms with Gasteiger partial charge in [-0.05, 0) is 13.8 Å². The minimum atomic E-state index is 0.563. The van der Waals surface area contributed by atoms with Gasteiger partial charge in [0.25, 0.3) is 0 Å². The van der Waals surface area contributed by atoms with Crippen LogP contribution in [0.1, 0.15) is 11.1 Å². The first-order valence-corrected chi connectivity index (χ1v) is 8.12. The van der Waals surface area contributed by atoms with Gasteiger partial charge in [-0.25, -0.2) is 9.97 Å². The number of aryl methyl sites for hydroxylation is 2. The van der Waals surface area contributed by atoms with Gasteiger partial charge >= 0.3 is 0 Å². The molecule has 0 saturated heterocycles. The average Bonchev–Trinajstić information content (AvgIpc) is 2.61. The van der Waals surface area contributed by atoms with E-state index in [4.69, 9.17) is 10.7 Å². The lowest BCUT2D eigenvalue weighted by molar-refractivity contribution is 1.02. The summed E-state index contributed by atoms with van der Waals surface area (Å²) < 4.78 is 0. The highest BCUT2D eigenvalue weighted by atomic mass is 15.0. The topological polar surface area (TPSA) is 63.8 Å². The summed E-state index contributed by atoms with van der Waals surface area (Å²) >= 11 is 0. The minimum absolute atomic E-state index is 0.563. The number of hydrogen-bond acceptors (Lipinski definition) is 4. The van der Waals surface area contributed by atoms with Gasteiger partial charge in [0.2, 0.25) is 0 Å². The molecule has 0 atom stereocenters. The number of nitrogens with two attached hydrogens (primary N) is 1. The molecule has 0 spiro atoms. The van der Waals surface area contributed by atoms with Gasteiger partial charge in [-0.1, -0.05) is 59.7 Å². The Morgan fingerprint density at radius 2 is 1.46 bits per heavy atom. The summed E-state index contributed by atoms with van der Waals surface area (Å²) in [5.74, 6) is 0.726. The van der Waals surface area contributed by atoms with Crippen molar-refractivity contribution in [1.29, 1.82) is 0 Å². The minimum Gasteiger partial charge on any atom is -0.381 e. The largest absolute Gasteiger partial charge is 0.381 e. The van der Waals surface area contributed by atoms with Crippen LogP contribution in [0.5, 0.6) is 0 Å². The smallest absolute Gasteiger partial charge is 0.159 e. The zero-order valence-electron chi connectivity index (χ0n) is 14.1. The van der Waals surface area contributed by atoms with E-state index in [1.807, 2.05) is 6.20 Å². The van der Waals surface area contributed by atoms with Gasteiger partial charge in [0.15, 0.2) is 5.82 Å². The van der Waals surface area contributed by atoms with Gasteiger partial charge in [-0.3, -0.25) is 0 Å². The van der Waals surface area contributed by atoms with Crippen molar-refractivity contribution < 1.29 is 0 Å². The number of rotatable bonds is 5. The summed E-state index contributed by atoms with van der Waals surface area (Å²) in [5, 5.41) is 3.31. The Balaban J connectivity index is 2.06. The second kappa shape index (κ2) is 7.23. The Morgan fingerprint density at radius 1 is 0.875 bits per heavy atom. The lowest BCUT2D eigenvalue weighted by Crippen LogP contribution is -2.14. The molecule has 3 N–H and O–H groups in total. The molecule has 0 aliphatic carbocycles. The fourth-order valence-electron chi connectivity index (χ4n) is 2.49. The second-order valence-electron chi connectivity index (χ2n) is 5.90. The summed E-state index contributed by atoms with van der Waals surface area (Å²) in [6.45, 7) is 5.40. The molecular formula is C20H22N4. The molecule has 4 heteroatoms. The van der Waals surface area contributed by atoms with Crippen LogP contribution in [0.2, 0.25) is 0 Å². The maximum Gasteiger partial charge on any atom is 0.159 e. The fourth-order valence-corrected chi connectivity index (χ4v) is 2.49. The number of benzene rings is 2. The highest BCUT2D eigenvalue weighted by Gasteiger charge is 2.10. The summed E-state index contributed by atoms with van der Waals surface area (Å²) in [4.78, 5) is 9.33. The molecule has 0 fully saturated rings. The van der Waals surface area contributed by atoms with Crippen LogP contribution >= 0.6 is 0 Å². The number of anilines is 1. The lowest BCUT2D eigenvalue weighted by Gasteiger charge is -2.12. The van der Waals surface area contributed by atoms with Crippen molar-refractivity contribution in [3.63, 3.8) is 0 Å². The molecular weight excluding hydrogens is 296 g/mol. The van der Waals surface area contributed by atoms with Gasteiger partial charge < -0.3 is 11.1 Å². The van der Waals surface area contributed by atoms with E-state index in [0.29, 0.717) is 13.1 Å². The Morgan fingerprint density at radius 3 is 2.04 bits per heavy atom. The zero-order chi connectivity index (χ0) is 16.9. The van der Waals surface area contributed by atoms with E-state index in [1.165, 1.54) is 11.1 Å². The summed E-state index contributed by atoms with van der Waals surface area (Å²) in [5.41, 5.74) is 11.9. The predicted molar refractivity (Wildman–Crippen MR) is 99.9 cm³/mol. The van der Waals surface area contributed by atoms with E-state index in [1.54, 1.807) is 0 Å². The van der Waals surface area contributed by atoms with Crippen molar-refractivity contribution in [2.45, 2.75) is 13.8 Å². The van der Waals surface area contributed by atoms with Crippen LogP contribution in [-0.4, -0.2) is 23.1 Å². The quantitative estimate of drug-likeness (QED) is 0.751. The monoisotopic (exact) mass is 318 g/mol. The number of nitrogens with one attached hydrogen (secondary N) is 1. The van der Waals surface area contributed by atoms with Crippen molar-refractivity contribution in [1.82, 2.24) is 9.97 Å². The van der Waals surface area contributed by atoms with Crippen molar-refractivity contribution in [3.05, 3.63) is 65.9 Å². The first-order chi connectivity index (χ1) is 11.7. The molecule has 3 rings (SSSR count). The molecule has 0 aliphatic rings. The van der Waals surface area contributed by atoms with E-state index < -0.39 is 0 Å². The Bertz CT molecular complexity index is 808. The van der Waals surface area contributed by atoms with E-state index in [2.05, 4.69) is 72.7 Å². The summed E-state index contributed by atoms with van der Waals surface area (Å²) in [6, 6.07) is 16.6. The Labute approximate surface area is 142 Å². The normalized spacial score (nSPS) is 10.6. The Kier molecular flexibility index (Phi) is 4.87. The van der Waals surface area contributed by atoms with E-state index in [0.717, 1.165) is 28.3 Å². The number of nitrogens with zero attached hydrogens (tertiary/aromatic N) is 2. The van der Waals surface area contributed by atoms with Crippen LogP contribution in [0.15, 0.2) is 54.7 Å². The third kappa shape index (κ3) is 3.60. The van der Waals surface area contributed by atoms with Gasteiger partial charge in [0.1, 0.15) is 0 Å². The Hall–Kier alpha value is -2.72. The highest BCUT2D eigenvalue weighted by molar-refractivity contribution is 5.75. The number of aromatic nitrogens is 2. The molecule has 2 aromatic carbocycles.